The molecule has 0 atom stereocenters. The summed E-state index contributed by atoms with van der Waals surface area (Å²) in [6, 6.07) is 1.71. The SMILES string of the molecule is Cn1c(C=CCNC(=O)c2cc(Br)c(Br)[nH]2)cnc1N. The number of carbonyl (C=O) groups is 1. The lowest BCUT2D eigenvalue weighted by atomic mass is 10.3. The van der Waals surface area contributed by atoms with Gasteiger partial charge in [-0.05, 0) is 44.0 Å². The number of rotatable bonds is 4. The van der Waals surface area contributed by atoms with Crippen molar-refractivity contribution in [2.75, 3.05) is 12.3 Å². The van der Waals surface area contributed by atoms with Crippen molar-refractivity contribution in [3.05, 3.63) is 38.8 Å². The van der Waals surface area contributed by atoms with E-state index in [2.05, 4.69) is 47.1 Å². The molecule has 2 rings (SSSR count). The van der Waals surface area contributed by atoms with Gasteiger partial charge in [0, 0.05) is 13.6 Å². The number of nitrogens with one attached hydrogen (secondary N) is 2. The van der Waals surface area contributed by atoms with Gasteiger partial charge in [0.2, 0.25) is 0 Å². The topological polar surface area (TPSA) is 88.7 Å². The number of carbonyl (C=O) groups excluding carboxylic acids is 1. The van der Waals surface area contributed by atoms with Crippen LogP contribution >= 0.6 is 31.9 Å². The second-order valence-electron chi connectivity index (χ2n) is 4.06. The number of amides is 1. The van der Waals surface area contributed by atoms with Crippen molar-refractivity contribution in [1.29, 1.82) is 0 Å². The lowest BCUT2D eigenvalue weighted by molar-refractivity contribution is 0.0953. The fraction of sp³-hybridized carbons (Fsp3) is 0.167. The smallest absolute Gasteiger partial charge is 0.268 e. The van der Waals surface area contributed by atoms with Crippen molar-refractivity contribution in [3.63, 3.8) is 0 Å². The summed E-state index contributed by atoms with van der Waals surface area (Å²) < 4.78 is 3.31. The van der Waals surface area contributed by atoms with E-state index in [9.17, 15) is 4.79 Å². The Labute approximate surface area is 132 Å². The lowest BCUT2D eigenvalue weighted by Crippen LogP contribution is -2.23. The molecule has 0 fully saturated rings. The molecule has 0 bridgehead atoms. The van der Waals surface area contributed by atoms with Crippen LogP contribution in [0.15, 0.2) is 27.4 Å². The molecule has 0 aliphatic rings. The molecule has 0 spiro atoms. The third-order valence-corrected chi connectivity index (χ3v) is 4.48. The molecule has 0 saturated carbocycles. The van der Waals surface area contributed by atoms with Crippen LogP contribution in [0, 0.1) is 0 Å². The van der Waals surface area contributed by atoms with E-state index in [1.54, 1.807) is 16.8 Å². The molecule has 0 aliphatic carbocycles. The highest BCUT2D eigenvalue weighted by atomic mass is 79.9. The number of nitrogens with two attached hydrogens (primary N) is 1. The van der Waals surface area contributed by atoms with Gasteiger partial charge in [0.15, 0.2) is 5.95 Å². The zero-order valence-electron chi connectivity index (χ0n) is 10.7. The summed E-state index contributed by atoms with van der Waals surface area (Å²) in [5, 5.41) is 2.78. The zero-order chi connectivity index (χ0) is 14.7. The van der Waals surface area contributed by atoms with Crippen LogP contribution in [-0.4, -0.2) is 27.0 Å². The Hall–Kier alpha value is -1.54. The largest absolute Gasteiger partial charge is 0.369 e. The summed E-state index contributed by atoms with van der Waals surface area (Å²) in [4.78, 5) is 18.7. The predicted octanol–water partition coefficient (Wildman–Crippen LogP) is 2.30. The molecule has 20 heavy (non-hydrogen) atoms. The highest BCUT2D eigenvalue weighted by Crippen LogP contribution is 2.22. The molecule has 2 aromatic heterocycles. The monoisotopic (exact) mass is 401 g/mol. The van der Waals surface area contributed by atoms with E-state index < -0.39 is 0 Å². The molecule has 0 aliphatic heterocycles. The van der Waals surface area contributed by atoms with Crippen molar-refractivity contribution in [1.82, 2.24) is 19.9 Å². The van der Waals surface area contributed by atoms with E-state index in [0.717, 1.165) is 14.8 Å². The first-order chi connectivity index (χ1) is 9.49. The van der Waals surface area contributed by atoms with Crippen LogP contribution < -0.4 is 11.1 Å². The summed E-state index contributed by atoms with van der Waals surface area (Å²) in [6.07, 6.45) is 5.36. The number of halogens is 2. The van der Waals surface area contributed by atoms with Gasteiger partial charge in [0.1, 0.15) is 5.69 Å². The Kier molecular flexibility index (Phi) is 4.66. The highest BCUT2D eigenvalue weighted by molar-refractivity contribution is 9.13. The number of H-pyrrole nitrogens is 1. The maximum Gasteiger partial charge on any atom is 0.268 e. The number of aromatic amines is 1. The average Bonchev–Trinajstić information content (AvgIpc) is 2.91. The molecular formula is C12H13Br2N5O. The standard InChI is InChI=1S/C12H13Br2N5O/c1-19-7(6-17-12(19)15)3-2-4-16-11(20)9-5-8(13)10(14)18-9/h2-3,5-6,18H,4H2,1H3,(H2,15,17)(H,16,20). The van der Waals surface area contributed by atoms with Gasteiger partial charge in [-0.3, -0.25) is 4.79 Å². The fourth-order valence-corrected chi connectivity index (χ4v) is 2.20. The minimum atomic E-state index is -0.175. The molecule has 0 saturated heterocycles. The first kappa shape index (κ1) is 14.9. The minimum absolute atomic E-state index is 0.175. The Morgan fingerprint density at radius 3 is 2.90 bits per heavy atom. The van der Waals surface area contributed by atoms with E-state index in [1.165, 1.54) is 0 Å². The lowest BCUT2D eigenvalue weighted by Gasteiger charge is -2.00. The van der Waals surface area contributed by atoms with Crippen LogP contribution in [-0.2, 0) is 7.05 Å². The van der Waals surface area contributed by atoms with Gasteiger partial charge in [-0.1, -0.05) is 6.08 Å². The number of anilines is 1. The van der Waals surface area contributed by atoms with Crippen LogP contribution in [0.2, 0.25) is 0 Å². The van der Waals surface area contributed by atoms with Gasteiger partial charge < -0.3 is 20.6 Å². The van der Waals surface area contributed by atoms with E-state index >= 15 is 0 Å². The first-order valence-electron chi connectivity index (χ1n) is 5.75. The van der Waals surface area contributed by atoms with Gasteiger partial charge in [0.05, 0.1) is 21.0 Å². The Balaban J connectivity index is 1.90. The molecule has 2 heterocycles. The molecular weight excluding hydrogens is 390 g/mol. The van der Waals surface area contributed by atoms with Crippen molar-refractivity contribution < 1.29 is 4.79 Å². The molecule has 1 amide bonds. The van der Waals surface area contributed by atoms with Crippen molar-refractivity contribution in [2.24, 2.45) is 7.05 Å². The van der Waals surface area contributed by atoms with Crippen LogP contribution in [0.4, 0.5) is 5.95 Å². The normalized spacial score (nSPS) is 11.2. The molecule has 6 nitrogen and oxygen atoms in total. The Bertz CT molecular complexity index is 639. The molecule has 4 N–H and O–H groups in total. The van der Waals surface area contributed by atoms with E-state index in [0.29, 0.717) is 18.2 Å². The number of aromatic nitrogens is 3. The van der Waals surface area contributed by atoms with Crippen molar-refractivity contribution >= 4 is 49.8 Å². The van der Waals surface area contributed by atoms with Gasteiger partial charge in [-0.2, -0.15) is 0 Å². The third kappa shape index (κ3) is 3.31. The molecule has 8 heteroatoms. The molecule has 0 radical (unpaired) electrons. The molecule has 0 unspecified atom stereocenters. The summed E-state index contributed by atoms with van der Waals surface area (Å²) in [5.74, 6) is 0.278. The van der Waals surface area contributed by atoms with Gasteiger partial charge in [-0.25, -0.2) is 4.98 Å². The van der Waals surface area contributed by atoms with E-state index in [4.69, 9.17) is 5.73 Å². The van der Waals surface area contributed by atoms with Gasteiger partial charge in [-0.15, -0.1) is 0 Å². The van der Waals surface area contributed by atoms with E-state index in [1.807, 2.05) is 19.2 Å². The molecule has 2 aromatic rings. The summed E-state index contributed by atoms with van der Waals surface area (Å²) in [5.41, 5.74) is 6.99. The number of hydrogen-bond acceptors (Lipinski definition) is 3. The second-order valence-corrected chi connectivity index (χ2v) is 5.70. The number of nitrogen functional groups attached to an aromatic ring is 1. The van der Waals surface area contributed by atoms with Crippen molar-refractivity contribution in [3.8, 4) is 0 Å². The van der Waals surface area contributed by atoms with Crippen LogP contribution in [0.25, 0.3) is 6.08 Å². The fourth-order valence-electron chi connectivity index (χ4n) is 1.55. The number of imidazole rings is 1. The summed E-state index contributed by atoms with van der Waals surface area (Å²) in [7, 11) is 1.83. The molecule has 106 valence electrons. The van der Waals surface area contributed by atoms with Crippen LogP contribution in [0.1, 0.15) is 16.2 Å². The van der Waals surface area contributed by atoms with E-state index in [-0.39, 0.29) is 5.91 Å². The number of hydrogen-bond donors (Lipinski definition) is 3. The van der Waals surface area contributed by atoms with Crippen LogP contribution in [0.5, 0.6) is 0 Å². The zero-order valence-corrected chi connectivity index (χ0v) is 13.8. The highest BCUT2D eigenvalue weighted by Gasteiger charge is 2.09. The average molecular weight is 403 g/mol. The van der Waals surface area contributed by atoms with Crippen LogP contribution in [0.3, 0.4) is 0 Å². The maximum absolute atomic E-state index is 11.8. The summed E-state index contributed by atoms with van der Waals surface area (Å²) >= 11 is 6.60. The third-order valence-electron chi connectivity index (χ3n) is 2.70. The second kappa shape index (κ2) is 6.27. The quantitative estimate of drug-likeness (QED) is 0.732. The van der Waals surface area contributed by atoms with Crippen molar-refractivity contribution in [2.45, 2.75) is 0 Å². The van der Waals surface area contributed by atoms with Gasteiger partial charge in [0.25, 0.3) is 5.91 Å². The summed E-state index contributed by atoms with van der Waals surface area (Å²) in [6.45, 7) is 0.415. The first-order valence-corrected chi connectivity index (χ1v) is 7.33. The van der Waals surface area contributed by atoms with Gasteiger partial charge >= 0.3 is 0 Å². The Morgan fingerprint density at radius 2 is 2.35 bits per heavy atom. The minimum Gasteiger partial charge on any atom is -0.369 e. The maximum atomic E-state index is 11.8. The predicted molar refractivity (Wildman–Crippen MR) is 85.2 cm³/mol. The molecule has 0 aromatic carbocycles. The number of nitrogens with zero attached hydrogens (tertiary/aromatic N) is 2. The Morgan fingerprint density at radius 1 is 1.60 bits per heavy atom.